The molecular formula is C12H17N3O2. The van der Waals surface area contributed by atoms with Crippen LogP contribution in [0.4, 0.5) is 5.69 Å². The van der Waals surface area contributed by atoms with Crippen molar-refractivity contribution in [2.75, 3.05) is 24.5 Å². The normalized spacial score (nSPS) is 19.6. The average Bonchev–Trinajstić information content (AvgIpc) is 2.76. The Balaban J connectivity index is 2.31. The maximum Gasteiger partial charge on any atom is 0.339 e. The van der Waals surface area contributed by atoms with E-state index in [1.165, 1.54) is 6.20 Å². The fraction of sp³-hybridized carbons (Fsp3) is 0.500. The van der Waals surface area contributed by atoms with Gasteiger partial charge in [-0.25, -0.2) is 4.79 Å². The Hall–Kier alpha value is -1.62. The maximum atomic E-state index is 11.1. The van der Waals surface area contributed by atoms with Crippen LogP contribution in [0.15, 0.2) is 12.3 Å². The molecule has 2 rings (SSSR count). The van der Waals surface area contributed by atoms with Gasteiger partial charge in [-0.05, 0) is 31.9 Å². The summed E-state index contributed by atoms with van der Waals surface area (Å²) in [5.41, 5.74) is 7.52. The Labute approximate surface area is 100 Å². The number of carbonyl (C=O) groups is 1. The molecule has 0 radical (unpaired) electrons. The molecule has 1 aliphatic rings. The SMILES string of the molecule is Cc1cc(N2CCC(CN)C2)c(C(=O)O)cn1. The standard InChI is InChI=1S/C12H17N3O2/c1-8-4-11(10(6-14-8)12(16)17)15-3-2-9(5-13)7-15/h4,6,9H,2-3,5,7,13H2,1H3,(H,16,17). The van der Waals surface area contributed by atoms with Crippen molar-refractivity contribution in [2.24, 2.45) is 11.7 Å². The summed E-state index contributed by atoms with van der Waals surface area (Å²) in [4.78, 5) is 17.3. The number of nitrogens with zero attached hydrogens (tertiary/aromatic N) is 2. The molecule has 5 nitrogen and oxygen atoms in total. The summed E-state index contributed by atoms with van der Waals surface area (Å²) < 4.78 is 0. The van der Waals surface area contributed by atoms with Gasteiger partial charge in [0.05, 0.1) is 5.69 Å². The van der Waals surface area contributed by atoms with E-state index in [4.69, 9.17) is 10.8 Å². The van der Waals surface area contributed by atoms with E-state index in [1.54, 1.807) is 0 Å². The van der Waals surface area contributed by atoms with Gasteiger partial charge in [0.1, 0.15) is 5.56 Å². The van der Waals surface area contributed by atoms with E-state index in [1.807, 2.05) is 13.0 Å². The number of aromatic nitrogens is 1. The van der Waals surface area contributed by atoms with Gasteiger partial charge in [-0.15, -0.1) is 0 Å². The quantitative estimate of drug-likeness (QED) is 0.812. The Morgan fingerprint density at radius 3 is 3.06 bits per heavy atom. The zero-order valence-corrected chi connectivity index (χ0v) is 9.89. The summed E-state index contributed by atoms with van der Waals surface area (Å²) in [7, 11) is 0. The molecule has 0 amide bonds. The van der Waals surface area contributed by atoms with Crippen molar-refractivity contribution in [2.45, 2.75) is 13.3 Å². The first-order valence-electron chi connectivity index (χ1n) is 5.76. The molecule has 0 aromatic carbocycles. The van der Waals surface area contributed by atoms with Crippen LogP contribution in [-0.4, -0.2) is 35.7 Å². The summed E-state index contributed by atoms with van der Waals surface area (Å²) in [6, 6.07) is 1.84. The van der Waals surface area contributed by atoms with Gasteiger partial charge in [0.25, 0.3) is 0 Å². The van der Waals surface area contributed by atoms with Gasteiger partial charge in [-0.1, -0.05) is 0 Å². The van der Waals surface area contributed by atoms with E-state index < -0.39 is 5.97 Å². The van der Waals surface area contributed by atoms with E-state index >= 15 is 0 Å². The van der Waals surface area contributed by atoms with Crippen LogP contribution in [0.2, 0.25) is 0 Å². The highest BCUT2D eigenvalue weighted by Crippen LogP contribution is 2.27. The number of carboxylic acid groups (broad SMARTS) is 1. The fourth-order valence-electron chi connectivity index (χ4n) is 2.22. The smallest absolute Gasteiger partial charge is 0.339 e. The zero-order valence-electron chi connectivity index (χ0n) is 9.89. The van der Waals surface area contributed by atoms with Crippen molar-refractivity contribution < 1.29 is 9.90 Å². The number of aromatic carboxylic acids is 1. The Kier molecular flexibility index (Phi) is 3.28. The van der Waals surface area contributed by atoms with Gasteiger partial charge in [0, 0.05) is 25.0 Å². The molecule has 1 unspecified atom stereocenters. The minimum atomic E-state index is -0.927. The van der Waals surface area contributed by atoms with E-state index in [-0.39, 0.29) is 5.56 Å². The second-order valence-electron chi connectivity index (χ2n) is 4.48. The zero-order chi connectivity index (χ0) is 12.4. The molecule has 5 heteroatoms. The van der Waals surface area contributed by atoms with Crippen molar-refractivity contribution in [3.8, 4) is 0 Å². The highest BCUT2D eigenvalue weighted by atomic mass is 16.4. The Morgan fingerprint density at radius 2 is 2.47 bits per heavy atom. The van der Waals surface area contributed by atoms with Crippen LogP contribution in [0.3, 0.4) is 0 Å². The molecule has 17 heavy (non-hydrogen) atoms. The van der Waals surface area contributed by atoms with Gasteiger partial charge in [-0.3, -0.25) is 4.98 Å². The van der Waals surface area contributed by atoms with Crippen LogP contribution in [0, 0.1) is 12.8 Å². The fourth-order valence-corrected chi connectivity index (χ4v) is 2.22. The first-order valence-corrected chi connectivity index (χ1v) is 5.76. The molecule has 2 heterocycles. The highest BCUT2D eigenvalue weighted by molar-refractivity contribution is 5.94. The van der Waals surface area contributed by atoms with Gasteiger partial charge in [-0.2, -0.15) is 0 Å². The molecule has 3 N–H and O–H groups in total. The minimum Gasteiger partial charge on any atom is -0.478 e. The van der Waals surface area contributed by atoms with Crippen LogP contribution < -0.4 is 10.6 Å². The Morgan fingerprint density at radius 1 is 1.71 bits per heavy atom. The molecule has 1 aromatic heterocycles. The lowest BCUT2D eigenvalue weighted by molar-refractivity contribution is 0.0697. The number of hydrogen-bond acceptors (Lipinski definition) is 4. The van der Waals surface area contributed by atoms with Crippen LogP contribution in [0.5, 0.6) is 0 Å². The molecule has 1 saturated heterocycles. The third-order valence-corrected chi connectivity index (χ3v) is 3.21. The molecule has 1 atom stereocenters. The van der Waals surface area contributed by atoms with Crippen molar-refractivity contribution in [1.82, 2.24) is 4.98 Å². The molecule has 0 saturated carbocycles. The second kappa shape index (κ2) is 4.71. The number of rotatable bonds is 3. The highest BCUT2D eigenvalue weighted by Gasteiger charge is 2.25. The maximum absolute atomic E-state index is 11.1. The van der Waals surface area contributed by atoms with Crippen molar-refractivity contribution in [3.05, 3.63) is 23.5 Å². The van der Waals surface area contributed by atoms with E-state index in [0.717, 1.165) is 30.9 Å². The van der Waals surface area contributed by atoms with Gasteiger partial charge in [0.2, 0.25) is 0 Å². The molecule has 92 valence electrons. The minimum absolute atomic E-state index is 0.272. The number of pyridine rings is 1. The first-order chi connectivity index (χ1) is 8.11. The Bertz CT molecular complexity index is 434. The topological polar surface area (TPSA) is 79.5 Å². The van der Waals surface area contributed by atoms with Crippen molar-refractivity contribution in [1.29, 1.82) is 0 Å². The van der Waals surface area contributed by atoms with Crippen LogP contribution >= 0.6 is 0 Å². The number of nitrogens with two attached hydrogens (primary N) is 1. The monoisotopic (exact) mass is 235 g/mol. The third-order valence-electron chi connectivity index (χ3n) is 3.21. The van der Waals surface area contributed by atoms with Gasteiger partial charge in [0.15, 0.2) is 0 Å². The first kappa shape index (κ1) is 11.9. The lowest BCUT2D eigenvalue weighted by Crippen LogP contribution is -2.24. The number of aryl methyl sites for hydroxylation is 1. The molecule has 0 aliphatic carbocycles. The van der Waals surface area contributed by atoms with Crippen molar-refractivity contribution >= 4 is 11.7 Å². The molecule has 0 spiro atoms. The summed E-state index contributed by atoms with van der Waals surface area (Å²) in [5.74, 6) is -0.464. The summed E-state index contributed by atoms with van der Waals surface area (Å²) in [6.07, 6.45) is 2.46. The van der Waals surface area contributed by atoms with E-state index in [9.17, 15) is 4.79 Å². The number of anilines is 1. The third kappa shape index (κ3) is 2.39. The predicted molar refractivity (Wildman–Crippen MR) is 65.3 cm³/mol. The van der Waals surface area contributed by atoms with Crippen LogP contribution in [-0.2, 0) is 0 Å². The molecule has 0 bridgehead atoms. The molecular weight excluding hydrogens is 218 g/mol. The second-order valence-corrected chi connectivity index (χ2v) is 4.48. The largest absolute Gasteiger partial charge is 0.478 e. The lowest BCUT2D eigenvalue weighted by Gasteiger charge is -2.20. The summed E-state index contributed by atoms with van der Waals surface area (Å²) >= 11 is 0. The molecule has 1 aliphatic heterocycles. The van der Waals surface area contributed by atoms with Crippen LogP contribution in [0.1, 0.15) is 22.5 Å². The van der Waals surface area contributed by atoms with Crippen molar-refractivity contribution in [3.63, 3.8) is 0 Å². The summed E-state index contributed by atoms with van der Waals surface area (Å²) in [5, 5.41) is 9.15. The van der Waals surface area contributed by atoms with Gasteiger partial charge >= 0.3 is 5.97 Å². The summed E-state index contributed by atoms with van der Waals surface area (Å²) in [6.45, 7) is 4.22. The number of hydrogen-bond donors (Lipinski definition) is 2. The number of carboxylic acids is 1. The predicted octanol–water partition coefficient (Wildman–Crippen LogP) is 0.873. The van der Waals surface area contributed by atoms with E-state index in [2.05, 4.69) is 9.88 Å². The van der Waals surface area contributed by atoms with E-state index in [0.29, 0.717) is 12.5 Å². The van der Waals surface area contributed by atoms with Gasteiger partial charge < -0.3 is 15.7 Å². The molecule has 1 aromatic rings. The lowest BCUT2D eigenvalue weighted by atomic mass is 10.1. The van der Waals surface area contributed by atoms with Crippen LogP contribution in [0.25, 0.3) is 0 Å². The average molecular weight is 235 g/mol. The molecule has 1 fully saturated rings.